The zero-order chi connectivity index (χ0) is 20.6. The number of ether oxygens (including phenoxy) is 2. The third-order valence-electron chi connectivity index (χ3n) is 3.92. The molecule has 0 saturated carbocycles. The van der Waals surface area contributed by atoms with Gasteiger partial charge in [0.05, 0.1) is 6.61 Å². The number of aromatic nitrogens is 1. The van der Waals surface area contributed by atoms with Gasteiger partial charge in [0.15, 0.2) is 5.13 Å². The molecule has 1 heterocycles. The van der Waals surface area contributed by atoms with Crippen molar-refractivity contribution in [3.63, 3.8) is 0 Å². The van der Waals surface area contributed by atoms with E-state index in [1.807, 2.05) is 25.1 Å². The van der Waals surface area contributed by atoms with Gasteiger partial charge in [-0.2, -0.15) is 0 Å². The number of benzene rings is 2. The van der Waals surface area contributed by atoms with Gasteiger partial charge in [0.25, 0.3) is 5.91 Å². The van der Waals surface area contributed by atoms with Crippen LogP contribution in [0.15, 0.2) is 54.0 Å². The number of methoxy groups -OCH3 is 1. The first-order valence-corrected chi connectivity index (χ1v) is 9.86. The minimum atomic E-state index is -0.286. The van der Waals surface area contributed by atoms with Crippen molar-refractivity contribution >= 4 is 34.5 Å². The molecule has 0 aliphatic heterocycles. The van der Waals surface area contributed by atoms with E-state index in [4.69, 9.17) is 9.47 Å². The molecule has 3 rings (SSSR count). The van der Waals surface area contributed by atoms with E-state index in [0.717, 1.165) is 11.1 Å². The number of halogens is 1. The number of rotatable bonds is 8. The quantitative estimate of drug-likeness (QED) is 0.522. The Morgan fingerprint density at radius 1 is 1.21 bits per heavy atom. The highest BCUT2D eigenvalue weighted by Gasteiger charge is 2.12. The van der Waals surface area contributed by atoms with Crippen LogP contribution < -0.4 is 10.1 Å². The average Bonchev–Trinajstić information content (AvgIpc) is 3.20. The van der Waals surface area contributed by atoms with Crippen LogP contribution in [0.3, 0.4) is 0 Å². The minimum Gasteiger partial charge on any atom is -0.488 e. The monoisotopic (exact) mass is 412 g/mol. The van der Waals surface area contributed by atoms with Gasteiger partial charge in [-0.25, -0.2) is 9.37 Å². The molecule has 0 bridgehead atoms. The molecule has 5 nitrogen and oxygen atoms in total. The summed E-state index contributed by atoms with van der Waals surface area (Å²) in [5.41, 5.74) is 2.07. The first-order chi connectivity index (χ1) is 14.0. The van der Waals surface area contributed by atoms with Gasteiger partial charge in [0.2, 0.25) is 0 Å². The average molecular weight is 412 g/mol. The highest BCUT2D eigenvalue weighted by molar-refractivity contribution is 7.13. The van der Waals surface area contributed by atoms with Gasteiger partial charge in [-0.15, -0.1) is 11.3 Å². The number of amides is 1. The Kier molecular flexibility index (Phi) is 7.10. The van der Waals surface area contributed by atoms with Gasteiger partial charge >= 0.3 is 0 Å². The lowest BCUT2D eigenvalue weighted by atomic mass is 10.1. The molecule has 0 aliphatic carbocycles. The molecule has 0 unspecified atom stereocenters. The first-order valence-electron chi connectivity index (χ1n) is 8.98. The van der Waals surface area contributed by atoms with Crippen LogP contribution in [0.25, 0.3) is 12.2 Å². The smallest absolute Gasteiger partial charge is 0.257 e. The summed E-state index contributed by atoms with van der Waals surface area (Å²) >= 11 is 1.34. The molecule has 0 aliphatic rings. The minimum absolute atomic E-state index is 0.175. The molecule has 0 saturated heterocycles. The molecule has 0 spiro atoms. The first kappa shape index (κ1) is 20.7. The Balaban J connectivity index is 1.86. The molecular weight excluding hydrogens is 391 g/mol. The molecular formula is C22H21FN2O3S. The van der Waals surface area contributed by atoms with Crippen molar-refractivity contribution in [2.45, 2.75) is 13.0 Å². The van der Waals surface area contributed by atoms with E-state index in [0.29, 0.717) is 23.1 Å². The third-order valence-corrected chi connectivity index (χ3v) is 4.61. The van der Waals surface area contributed by atoms with E-state index >= 15 is 0 Å². The predicted molar refractivity (Wildman–Crippen MR) is 114 cm³/mol. The molecule has 1 N–H and O–H groups in total. The summed E-state index contributed by atoms with van der Waals surface area (Å²) in [6, 6.07) is 11.5. The normalized spacial score (nSPS) is 12.1. The molecule has 1 atom stereocenters. The Morgan fingerprint density at radius 3 is 2.66 bits per heavy atom. The van der Waals surface area contributed by atoms with Gasteiger partial charge in [-0.3, -0.25) is 10.1 Å². The van der Waals surface area contributed by atoms with Crippen molar-refractivity contribution in [3.05, 3.63) is 76.5 Å². The number of carbonyl (C=O) groups is 1. The van der Waals surface area contributed by atoms with E-state index in [1.165, 1.54) is 23.5 Å². The van der Waals surface area contributed by atoms with Crippen molar-refractivity contribution in [1.29, 1.82) is 0 Å². The fraction of sp³-hybridized carbons (Fsp3) is 0.182. The predicted octanol–water partition coefficient (Wildman–Crippen LogP) is 5.12. The Bertz CT molecular complexity index is 972. The van der Waals surface area contributed by atoms with Crippen molar-refractivity contribution in [2.24, 2.45) is 0 Å². The van der Waals surface area contributed by atoms with Gasteiger partial charge in [0.1, 0.15) is 17.7 Å². The lowest BCUT2D eigenvalue weighted by Crippen LogP contribution is -2.18. The van der Waals surface area contributed by atoms with Gasteiger partial charge in [0, 0.05) is 24.3 Å². The summed E-state index contributed by atoms with van der Waals surface area (Å²) in [7, 11) is 1.61. The zero-order valence-electron chi connectivity index (χ0n) is 16.1. The zero-order valence-corrected chi connectivity index (χ0v) is 16.9. The maximum atomic E-state index is 13.1. The molecule has 29 heavy (non-hydrogen) atoms. The van der Waals surface area contributed by atoms with Crippen LogP contribution in [-0.2, 0) is 4.74 Å². The number of carbonyl (C=O) groups excluding carboxylic acids is 1. The van der Waals surface area contributed by atoms with Gasteiger partial charge < -0.3 is 9.47 Å². The van der Waals surface area contributed by atoms with E-state index in [-0.39, 0.29) is 17.8 Å². The van der Waals surface area contributed by atoms with Crippen LogP contribution in [0.5, 0.6) is 5.75 Å². The summed E-state index contributed by atoms with van der Waals surface area (Å²) in [6.07, 6.45) is 5.15. The van der Waals surface area contributed by atoms with Crippen LogP contribution in [0, 0.1) is 5.82 Å². The fourth-order valence-electron chi connectivity index (χ4n) is 2.64. The summed E-state index contributed by atoms with van der Waals surface area (Å²) in [5, 5.41) is 5.09. The molecule has 0 fully saturated rings. The lowest BCUT2D eigenvalue weighted by Gasteiger charge is -2.15. The number of thiazole rings is 1. The molecule has 1 amide bonds. The highest BCUT2D eigenvalue weighted by atomic mass is 32.1. The molecule has 3 aromatic rings. The highest BCUT2D eigenvalue weighted by Crippen LogP contribution is 2.22. The SMILES string of the molecule is COC[C@H](C)Oc1cc(/C=C/c2ccc(F)cc2)cc(C(=O)Nc2nccs2)c1. The fourth-order valence-corrected chi connectivity index (χ4v) is 3.16. The van der Waals surface area contributed by atoms with Crippen LogP contribution >= 0.6 is 11.3 Å². The topological polar surface area (TPSA) is 60.5 Å². The van der Waals surface area contributed by atoms with Crippen molar-refractivity contribution in [1.82, 2.24) is 4.98 Å². The Hall–Kier alpha value is -3.03. The Labute approximate surface area is 172 Å². The number of anilines is 1. The summed E-state index contributed by atoms with van der Waals surface area (Å²) < 4.78 is 24.1. The summed E-state index contributed by atoms with van der Waals surface area (Å²) in [4.78, 5) is 16.7. The van der Waals surface area contributed by atoms with E-state index in [1.54, 1.807) is 43.0 Å². The second-order valence-electron chi connectivity index (χ2n) is 6.35. The number of hydrogen-bond acceptors (Lipinski definition) is 5. The van der Waals surface area contributed by atoms with Crippen LogP contribution in [0.1, 0.15) is 28.4 Å². The largest absolute Gasteiger partial charge is 0.488 e. The Morgan fingerprint density at radius 2 is 1.97 bits per heavy atom. The number of nitrogens with zero attached hydrogens (tertiary/aromatic N) is 1. The number of hydrogen-bond donors (Lipinski definition) is 1. The van der Waals surface area contributed by atoms with Crippen LogP contribution in [-0.4, -0.2) is 30.7 Å². The third kappa shape index (κ3) is 6.23. The molecule has 150 valence electrons. The van der Waals surface area contributed by atoms with Crippen molar-refractivity contribution in [2.75, 3.05) is 19.0 Å². The van der Waals surface area contributed by atoms with Crippen LogP contribution in [0.2, 0.25) is 0 Å². The summed E-state index contributed by atoms with van der Waals surface area (Å²) in [6.45, 7) is 2.32. The van der Waals surface area contributed by atoms with Gasteiger partial charge in [-0.1, -0.05) is 24.3 Å². The van der Waals surface area contributed by atoms with Gasteiger partial charge in [-0.05, 0) is 48.4 Å². The maximum Gasteiger partial charge on any atom is 0.257 e. The van der Waals surface area contributed by atoms with Crippen molar-refractivity contribution < 1.29 is 18.7 Å². The molecule has 1 aromatic heterocycles. The van der Waals surface area contributed by atoms with E-state index in [9.17, 15) is 9.18 Å². The summed E-state index contributed by atoms with van der Waals surface area (Å²) in [5.74, 6) is -0.00727. The molecule has 2 aromatic carbocycles. The second-order valence-corrected chi connectivity index (χ2v) is 7.25. The molecule has 0 radical (unpaired) electrons. The lowest BCUT2D eigenvalue weighted by molar-refractivity contribution is 0.0917. The standard InChI is InChI=1S/C22H21FN2O3S/c1-15(14-27-2)28-20-12-17(4-3-16-5-7-19(23)8-6-16)11-18(13-20)21(26)25-22-24-9-10-29-22/h3-13,15H,14H2,1-2H3,(H,24,25,26)/b4-3+/t15-/m0/s1. The van der Waals surface area contributed by atoms with E-state index < -0.39 is 0 Å². The number of nitrogens with one attached hydrogen (secondary N) is 1. The second kappa shape index (κ2) is 9.95. The molecule has 7 heteroatoms. The van der Waals surface area contributed by atoms with Crippen LogP contribution in [0.4, 0.5) is 9.52 Å². The maximum absolute atomic E-state index is 13.1. The van der Waals surface area contributed by atoms with Crippen molar-refractivity contribution in [3.8, 4) is 5.75 Å². The van der Waals surface area contributed by atoms with E-state index in [2.05, 4.69) is 10.3 Å².